The second-order valence-electron chi connectivity index (χ2n) is 6.53. The van der Waals surface area contributed by atoms with E-state index in [0.29, 0.717) is 6.04 Å². The van der Waals surface area contributed by atoms with Crippen LogP contribution in [0.1, 0.15) is 46.5 Å². The molecule has 2 rings (SSSR count). The highest BCUT2D eigenvalue weighted by molar-refractivity contribution is 5.12. The lowest BCUT2D eigenvalue weighted by atomic mass is 9.78. The van der Waals surface area contributed by atoms with Gasteiger partial charge < -0.3 is 4.74 Å². The molecule has 1 saturated carbocycles. The summed E-state index contributed by atoms with van der Waals surface area (Å²) in [6.07, 6.45) is 4.27. The Labute approximate surface area is 117 Å². The van der Waals surface area contributed by atoms with Crippen molar-refractivity contribution < 1.29 is 4.74 Å². The molecular formula is C15H27N3O. The van der Waals surface area contributed by atoms with Crippen LogP contribution in [0.3, 0.4) is 0 Å². The summed E-state index contributed by atoms with van der Waals surface area (Å²) in [5, 5.41) is 13.0. The molecule has 0 aromatic rings. The molecule has 2 atom stereocenters. The number of rotatable bonds is 3. The quantitative estimate of drug-likeness (QED) is 0.847. The Kier molecular flexibility index (Phi) is 4.50. The molecule has 108 valence electrons. The minimum atomic E-state index is -0.313. The molecule has 1 saturated heterocycles. The summed E-state index contributed by atoms with van der Waals surface area (Å²) in [7, 11) is 0. The Balaban J connectivity index is 2.10. The Morgan fingerprint density at radius 3 is 2.89 bits per heavy atom. The van der Waals surface area contributed by atoms with Crippen LogP contribution in [0, 0.1) is 11.3 Å². The molecule has 1 N–H and O–H groups in total. The zero-order valence-electron chi connectivity index (χ0n) is 12.5. The predicted molar refractivity (Wildman–Crippen MR) is 75.9 cm³/mol. The summed E-state index contributed by atoms with van der Waals surface area (Å²) in [6, 6.07) is 3.05. The molecule has 1 aliphatic heterocycles. The van der Waals surface area contributed by atoms with Gasteiger partial charge in [-0.2, -0.15) is 5.26 Å². The molecular weight excluding hydrogens is 238 g/mol. The maximum Gasteiger partial charge on any atom is 0.108 e. The van der Waals surface area contributed by atoms with E-state index in [-0.39, 0.29) is 11.1 Å². The van der Waals surface area contributed by atoms with Gasteiger partial charge in [0.15, 0.2) is 0 Å². The highest BCUT2D eigenvalue weighted by Gasteiger charge is 2.42. The van der Waals surface area contributed by atoms with Crippen molar-refractivity contribution in [3.63, 3.8) is 0 Å². The molecule has 0 radical (unpaired) electrons. The normalized spacial score (nSPS) is 35.8. The van der Waals surface area contributed by atoms with E-state index in [4.69, 9.17) is 4.74 Å². The number of nitrogens with one attached hydrogen (secondary N) is 1. The number of ether oxygens (including phenoxy) is 1. The fraction of sp³-hybridized carbons (Fsp3) is 0.933. The standard InChI is InChI=1S/C15H27N3O/c1-4-17-15(11-16)7-5-6-13(10-15)18-8-9-19-12-14(18,2)3/h13,17H,4-10,12H2,1-3H3. The second-order valence-corrected chi connectivity index (χ2v) is 6.53. The molecule has 0 amide bonds. The van der Waals surface area contributed by atoms with Gasteiger partial charge in [-0.1, -0.05) is 6.92 Å². The van der Waals surface area contributed by atoms with Crippen molar-refractivity contribution in [2.45, 2.75) is 63.6 Å². The van der Waals surface area contributed by atoms with Crippen molar-refractivity contribution in [1.82, 2.24) is 10.2 Å². The Hall–Kier alpha value is -0.630. The smallest absolute Gasteiger partial charge is 0.108 e. The molecule has 1 aliphatic carbocycles. The third-order valence-electron chi connectivity index (χ3n) is 4.60. The monoisotopic (exact) mass is 265 g/mol. The minimum Gasteiger partial charge on any atom is -0.378 e. The fourth-order valence-corrected chi connectivity index (χ4v) is 3.70. The Bertz CT molecular complexity index is 346. The number of nitriles is 1. The molecule has 0 spiro atoms. The van der Waals surface area contributed by atoms with E-state index in [1.165, 1.54) is 6.42 Å². The Morgan fingerprint density at radius 2 is 2.26 bits per heavy atom. The second kappa shape index (κ2) is 5.78. The van der Waals surface area contributed by atoms with Gasteiger partial charge in [0.1, 0.15) is 5.54 Å². The third kappa shape index (κ3) is 3.10. The minimum absolute atomic E-state index is 0.0909. The van der Waals surface area contributed by atoms with Gasteiger partial charge >= 0.3 is 0 Å². The number of hydrogen-bond donors (Lipinski definition) is 1. The van der Waals surface area contributed by atoms with E-state index in [1.807, 2.05) is 0 Å². The van der Waals surface area contributed by atoms with E-state index < -0.39 is 0 Å². The molecule has 0 aromatic carbocycles. The molecule has 2 fully saturated rings. The van der Waals surface area contributed by atoms with Crippen LogP contribution in [0.15, 0.2) is 0 Å². The van der Waals surface area contributed by atoms with Gasteiger partial charge in [0.2, 0.25) is 0 Å². The largest absolute Gasteiger partial charge is 0.378 e. The maximum absolute atomic E-state index is 9.56. The average Bonchev–Trinajstić information content (AvgIpc) is 2.39. The summed E-state index contributed by atoms with van der Waals surface area (Å²) in [4.78, 5) is 2.57. The molecule has 2 unspecified atom stereocenters. The molecule has 2 aliphatic rings. The van der Waals surface area contributed by atoms with Gasteiger partial charge in [0, 0.05) is 18.1 Å². The molecule has 0 aromatic heterocycles. The molecule has 4 nitrogen and oxygen atoms in total. The summed E-state index contributed by atoms with van der Waals surface area (Å²) in [5.74, 6) is 0. The highest BCUT2D eigenvalue weighted by atomic mass is 16.5. The lowest BCUT2D eigenvalue weighted by Crippen LogP contribution is -2.61. The molecule has 1 heterocycles. The van der Waals surface area contributed by atoms with Crippen LogP contribution in [0.25, 0.3) is 0 Å². The number of nitrogens with zero attached hydrogens (tertiary/aromatic N) is 2. The van der Waals surface area contributed by atoms with Gasteiger partial charge in [0.05, 0.1) is 19.3 Å². The van der Waals surface area contributed by atoms with Gasteiger partial charge in [-0.25, -0.2) is 0 Å². The lowest BCUT2D eigenvalue weighted by molar-refractivity contribution is -0.0822. The molecule has 0 bridgehead atoms. The zero-order chi connectivity index (χ0) is 13.9. The first-order valence-electron chi connectivity index (χ1n) is 7.54. The van der Waals surface area contributed by atoms with Crippen LogP contribution in [-0.2, 0) is 4.74 Å². The summed E-state index contributed by atoms with van der Waals surface area (Å²) in [5.41, 5.74) is -0.223. The van der Waals surface area contributed by atoms with Crippen LogP contribution >= 0.6 is 0 Å². The van der Waals surface area contributed by atoms with Gasteiger partial charge in [-0.3, -0.25) is 10.2 Å². The van der Waals surface area contributed by atoms with Gasteiger partial charge in [-0.05, 0) is 46.1 Å². The van der Waals surface area contributed by atoms with Crippen LogP contribution in [0.2, 0.25) is 0 Å². The van der Waals surface area contributed by atoms with E-state index >= 15 is 0 Å². The number of hydrogen-bond acceptors (Lipinski definition) is 4. The summed E-state index contributed by atoms with van der Waals surface area (Å²) < 4.78 is 5.61. The average molecular weight is 265 g/mol. The number of morpholine rings is 1. The van der Waals surface area contributed by atoms with Crippen LogP contribution in [0.5, 0.6) is 0 Å². The van der Waals surface area contributed by atoms with Crippen molar-refractivity contribution >= 4 is 0 Å². The third-order valence-corrected chi connectivity index (χ3v) is 4.60. The van der Waals surface area contributed by atoms with Gasteiger partial charge in [0.25, 0.3) is 0 Å². The van der Waals surface area contributed by atoms with Crippen LogP contribution < -0.4 is 5.32 Å². The van der Waals surface area contributed by atoms with Crippen molar-refractivity contribution in [1.29, 1.82) is 5.26 Å². The summed E-state index contributed by atoms with van der Waals surface area (Å²) >= 11 is 0. The van der Waals surface area contributed by atoms with Crippen molar-refractivity contribution in [2.24, 2.45) is 0 Å². The predicted octanol–water partition coefficient (Wildman–Crippen LogP) is 1.91. The molecule has 4 heteroatoms. The molecule has 19 heavy (non-hydrogen) atoms. The van der Waals surface area contributed by atoms with Crippen molar-refractivity contribution in [2.75, 3.05) is 26.3 Å². The van der Waals surface area contributed by atoms with E-state index in [9.17, 15) is 5.26 Å². The first kappa shape index (κ1) is 14.8. The van der Waals surface area contributed by atoms with Crippen LogP contribution in [0.4, 0.5) is 0 Å². The highest BCUT2D eigenvalue weighted by Crippen LogP contribution is 2.35. The zero-order valence-corrected chi connectivity index (χ0v) is 12.5. The van der Waals surface area contributed by atoms with Crippen LogP contribution in [-0.4, -0.2) is 48.3 Å². The van der Waals surface area contributed by atoms with E-state index in [2.05, 4.69) is 37.1 Å². The van der Waals surface area contributed by atoms with Gasteiger partial charge in [-0.15, -0.1) is 0 Å². The maximum atomic E-state index is 9.56. The van der Waals surface area contributed by atoms with E-state index in [0.717, 1.165) is 45.6 Å². The SMILES string of the molecule is CCNC1(C#N)CCCC(N2CCOCC2(C)C)C1. The Morgan fingerprint density at radius 1 is 1.47 bits per heavy atom. The van der Waals surface area contributed by atoms with Crippen molar-refractivity contribution in [3.05, 3.63) is 0 Å². The van der Waals surface area contributed by atoms with Crippen molar-refractivity contribution in [3.8, 4) is 6.07 Å². The first-order valence-corrected chi connectivity index (χ1v) is 7.54. The summed E-state index contributed by atoms with van der Waals surface area (Å²) in [6.45, 7) is 10.1. The van der Waals surface area contributed by atoms with E-state index in [1.54, 1.807) is 0 Å². The first-order chi connectivity index (χ1) is 9.03. The topological polar surface area (TPSA) is 48.3 Å². The fourth-order valence-electron chi connectivity index (χ4n) is 3.70. The lowest BCUT2D eigenvalue weighted by Gasteiger charge is -2.50.